The third-order valence-electron chi connectivity index (χ3n) is 5.01. The quantitative estimate of drug-likeness (QED) is 0.546. The summed E-state index contributed by atoms with van der Waals surface area (Å²) in [5.41, 5.74) is 2.31. The number of rotatable bonds is 7. The first-order valence-corrected chi connectivity index (χ1v) is 9.71. The fraction of sp³-hybridized carbons (Fsp3) is 0.500. The molecule has 1 unspecified atom stereocenters. The zero-order chi connectivity index (χ0) is 20.7. The van der Waals surface area contributed by atoms with Gasteiger partial charge in [-0.2, -0.15) is 18.3 Å². The second-order valence-corrected chi connectivity index (χ2v) is 7.28. The van der Waals surface area contributed by atoms with E-state index in [0.717, 1.165) is 17.5 Å². The first-order chi connectivity index (χ1) is 13.9. The lowest BCUT2D eigenvalue weighted by atomic mass is 10.1. The Bertz CT molecular complexity index is 788. The van der Waals surface area contributed by atoms with Crippen LogP contribution in [0.25, 0.3) is 0 Å². The van der Waals surface area contributed by atoms with E-state index in [1.165, 1.54) is 4.90 Å². The molecule has 2 aromatic rings. The molecule has 1 fully saturated rings. The molecule has 1 aromatic carbocycles. The molecule has 0 saturated carbocycles. The second-order valence-electron chi connectivity index (χ2n) is 7.28. The number of hydrogen-bond acceptors (Lipinski definition) is 3. The van der Waals surface area contributed by atoms with E-state index in [4.69, 9.17) is 0 Å². The molecule has 3 rings (SSSR count). The minimum Gasteiger partial charge on any atom is -0.356 e. The summed E-state index contributed by atoms with van der Waals surface area (Å²) in [6.07, 6.45) is 0.302. The van der Waals surface area contributed by atoms with Gasteiger partial charge in [-0.15, -0.1) is 0 Å². The van der Waals surface area contributed by atoms with Crippen molar-refractivity contribution in [2.75, 3.05) is 33.2 Å². The Hall–Kier alpha value is -2.55. The first-order valence-electron chi connectivity index (χ1n) is 9.71. The van der Waals surface area contributed by atoms with E-state index in [9.17, 15) is 13.2 Å². The van der Waals surface area contributed by atoms with Crippen LogP contribution in [-0.4, -0.2) is 60.0 Å². The average molecular weight is 408 g/mol. The molecule has 0 spiro atoms. The number of benzene rings is 1. The van der Waals surface area contributed by atoms with Gasteiger partial charge in [-0.25, -0.2) is 0 Å². The SMILES string of the molecule is CN=C(NCc1ccccc1Cn1cccn1)NCC1CCN(CC(F)(F)F)C1. The van der Waals surface area contributed by atoms with Gasteiger partial charge in [-0.05, 0) is 36.1 Å². The van der Waals surface area contributed by atoms with Gasteiger partial charge in [0.2, 0.25) is 0 Å². The monoisotopic (exact) mass is 408 g/mol. The van der Waals surface area contributed by atoms with Crippen LogP contribution in [-0.2, 0) is 13.1 Å². The molecule has 158 valence electrons. The fourth-order valence-corrected chi connectivity index (χ4v) is 3.57. The van der Waals surface area contributed by atoms with Crippen molar-refractivity contribution in [3.63, 3.8) is 0 Å². The van der Waals surface area contributed by atoms with Crippen molar-refractivity contribution in [2.24, 2.45) is 10.9 Å². The van der Waals surface area contributed by atoms with Crippen molar-refractivity contribution in [2.45, 2.75) is 25.7 Å². The molecule has 0 amide bonds. The Morgan fingerprint density at radius 1 is 1.21 bits per heavy atom. The molecular weight excluding hydrogens is 381 g/mol. The Kier molecular flexibility index (Phi) is 7.13. The highest BCUT2D eigenvalue weighted by atomic mass is 19.4. The highest BCUT2D eigenvalue weighted by Crippen LogP contribution is 2.22. The Morgan fingerprint density at radius 2 is 2.00 bits per heavy atom. The van der Waals surface area contributed by atoms with Crippen LogP contribution in [0, 0.1) is 5.92 Å². The van der Waals surface area contributed by atoms with Crippen molar-refractivity contribution in [3.05, 3.63) is 53.9 Å². The summed E-state index contributed by atoms with van der Waals surface area (Å²) < 4.78 is 39.4. The number of alkyl halides is 3. The topological polar surface area (TPSA) is 57.5 Å². The van der Waals surface area contributed by atoms with Gasteiger partial charge < -0.3 is 10.6 Å². The number of halogens is 3. The van der Waals surface area contributed by atoms with Gasteiger partial charge in [0, 0.05) is 39.1 Å². The maximum absolute atomic E-state index is 12.5. The smallest absolute Gasteiger partial charge is 0.356 e. The number of aliphatic imine (C=N–C) groups is 1. The zero-order valence-electron chi connectivity index (χ0n) is 16.5. The van der Waals surface area contributed by atoms with Crippen molar-refractivity contribution in [1.82, 2.24) is 25.3 Å². The highest BCUT2D eigenvalue weighted by molar-refractivity contribution is 5.79. The summed E-state index contributed by atoms with van der Waals surface area (Å²) in [6.45, 7) is 2.00. The summed E-state index contributed by atoms with van der Waals surface area (Å²) in [7, 11) is 1.69. The molecule has 1 saturated heterocycles. The van der Waals surface area contributed by atoms with Crippen LogP contribution in [0.15, 0.2) is 47.7 Å². The van der Waals surface area contributed by atoms with Gasteiger partial charge >= 0.3 is 6.18 Å². The third kappa shape index (κ3) is 6.77. The predicted octanol–water partition coefficient (Wildman–Crippen LogP) is 2.48. The third-order valence-corrected chi connectivity index (χ3v) is 5.01. The number of hydrogen-bond donors (Lipinski definition) is 2. The van der Waals surface area contributed by atoms with Crippen molar-refractivity contribution in [1.29, 1.82) is 0 Å². The molecule has 2 heterocycles. The van der Waals surface area contributed by atoms with Gasteiger partial charge in [-0.1, -0.05) is 24.3 Å². The zero-order valence-corrected chi connectivity index (χ0v) is 16.5. The fourth-order valence-electron chi connectivity index (χ4n) is 3.57. The molecule has 1 aromatic heterocycles. The van der Waals surface area contributed by atoms with Gasteiger partial charge in [0.1, 0.15) is 0 Å². The molecule has 1 aliphatic rings. The molecule has 29 heavy (non-hydrogen) atoms. The minimum atomic E-state index is -4.14. The lowest BCUT2D eigenvalue weighted by molar-refractivity contribution is -0.143. The highest BCUT2D eigenvalue weighted by Gasteiger charge is 2.34. The second kappa shape index (κ2) is 9.78. The van der Waals surface area contributed by atoms with E-state index in [0.29, 0.717) is 38.7 Å². The Labute approximate surface area is 168 Å². The number of aromatic nitrogens is 2. The van der Waals surface area contributed by atoms with Crippen molar-refractivity contribution >= 4 is 5.96 Å². The Morgan fingerprint density at radius 3 is 2.69 bits per heavy atom. The van der Waals surface area contributed by atoms with Crippen molar-refractivity contribution < 1.29 is 13.2 Å². The van der Waals surface area contributed by atoms with Crippen LogP contribution in [0.5, 0.6) is 0 Å². The van der Waals surface area contributed by atoms with Crippen LogP contribution in [0.4, 0.5) is 13.2 Å². The van der Waals surface area contributed by atoms with E-state index < -0.39 is 12.7 Å². The van der Waals surface area contributed by atoms with Gasteiger partial charge in [0.15, 0.2) is 5.96 Å². The summed E-state index contributed by atoms with van der Waals surface area (Å²) in [6, 6.07) is 10.0. The molecule has 1 atom stereocenters. The first kappa shape index (κ1) is 21.2. The number of guanidine groups is 1. The molecule has 6 nitrogen and oxygen atoms in total. The molecule has 0 bridgehead atoms. The van der Waals surface area contributed by atoms with E-state index in [-0.39, 0.29) is 5.92 Å². The van der Waals surface area contributed by atoms with E-state index in [2.05, 4.69) is 32.9 Å². The largest absolute Gasteiger partial charge is 0.401 e. The molecule has 9 heteroatoms. The number of nitrogens with zero attached hydrogens (tertiary/aromatic N) is 4. The number of nitrogens with one attached hydrogen (secondary N) is 2. The Balaban J connectivity index is 1.47. The molecular formula is C20H27F3N6. The maximum Gasteiger partial charge on any atom is 0.401 e. The van der Waals surface area contributed by atoms with Crippen LogP contribution in [0.1, 0.15) is 17.5 Å². The van der Waals surface area contributed by atoms with Gasteiger partial charge in [0.25, 0.3) is 0 Å². The van der Waals surface area contributed by atoms with Crippen LogP contribution in [0.3, 0.4) is 0 Å². The summed E-state index contributed by atoms with van der Waals surface area (Å²) in [4.78, 5) is 5.70. The van der Waals surface area contributed by atoms with E-state index >= 15 is 0 Å². The number of likely N-dealkylation sites (tertiary alicyclic amines) is 1. The van der Waals surface area contributed by atoms with E-state index in [1.807, 2.05) is 29.1 Å². The van der Waals surface area contributed by atoms with Crippen LogP contribution >= 0.6 is 0 Å². The lowest BCUT2D eigenvalue weighted by Gasteiger charge is -2.19. The van der Waals surface area contributed by atoms with Crippen LogP contribution in [0.2, 0.25) is 0 Å². The van der Waals surface area contributed by atoms with E-state index in [1.54, 1.807) is 13.2 Å². The molecule has 2 N–H and O–H groups in total. The molecule has 0 radical (unpaired) electrons. The average Bonchev–Trinajstić information content (AvgIpc) is 3.34. The standard InChI is InChI=1S/C20H27F3N6/c1-24-19(25-11-16-7-10-28(13-16)15-20(21,22)23)26-12-17-5-2-3-6-18(17)14-29-9-4-8-27-29/h2-6,8-9,16H,7,10-15H2,1H3,(H2,24,25,26). The van der Waals surface area contributed by atoms with Gasteiger partial charge in [-0.3, -0.25) is 14.6 Å². The summed E-state index contributed by atoms with van der Waals surface area (Å²) in [5.74, 6) is 0.830. The van der Waals surface area contributed by atoms with Crippen LogP contribution < -0.4 is 10.6 Å². The molecule has 0 aliphatic carbocycles. The predicted molar refractivity (Wildman–Crippen MR) is 107 cm³/mol. The summed E-state index contributed by atoms with van der Waals surface area (Å²) >= 11 is 0. The van der Waals surface area contributed by atoms with Gasteiger partial charge in [0.05, 0.1) is 13.1 Å². The maximum atomic E-state index is 12.5. The minimum absolute atomic E-state index is 0.183. The van der Waals surface area contributed by atoms with Crippen molar-refractivity contribution in [3.8, 4) is 0 Å². The molecule has 1 aliphatic heterocycles. The lowest BCUT2D eigenvalue weighted by Crippen LogP contribution is -2.40. The normalized spacial score (nSPS) is 18.2. The summed E-state index contributed by atoms with van der Waals surface area (Å²) in [5, 5.41) is 10.8.